The molecule has 3 rings (SSSR count). The molecule has 28 heavy (non-hydrogen) atoms. The summed E-state index contributed by atoms with van der Waals surface area (Å²) in [6.07, 6.45) is 4.18. The van der Waals surface area contributed by atoms with Crippen molar-refractivity contribution in [1.29, 1.82) is 0 Å². The van der Waals surface area contributed by atoms with Gasteiger partial charge in [0.2, 0.25) is 0 Å². The molecule has 1 unspecified atom stereocenters. The lowest BCUT2D eigenvalue weighted by Crippen LogP contribution is -2.24. The first kappa shape index (κ1) is 20.6. The number of benzene rings is 2. The molecule has 0 bridgehead atoms. The molecule has 0 saturated heterocycles. The number of nitrogens with zero attached hydrogens (tertiary/aromatic N) is 2. The second-order valence-corrected chi connectivity index (χ2v) is 9.66. The first-order valence-electron chi connectivity index (χ1n) is 10.6. The summed E-state index contributed by atoms with van der Waals surface area (Å²) < 4.78 is 0. The van der Waals surface area contributed by atoms with E-state index in [1.807, 2.05) is 6.34 Å². The van der Waals surface area contributed by atoms with E-state index < -0.39 is 0 Å². The number of hydrogen-bond donors (Lipinski definition) is 0. The molecule has 0 heterocycles. The lowest BCUT2D eigenvalue weighted by molar-refractivity contribution is 0.429. The van der Waals surface area contributed by atoms with E-state index in [1.54, 1.807) is 5.56 Å². The van der Waals surface area contributed by atoms with Gasteiger partial charge >= 0.3 is 0 Å². The van der Waals surface area contributed by atoms with Gasteiger partial charge in [0, 0.05) is 13.1 Å². The van der Waals surface area contributed by atoms with Crippen molar-refractivity contribution in [1.82, 2.24) is 4.90 Å². The maximum Gasteiger partial charge on any atom is 0.0912 e. The van der Waals surface area contributed by atoms with Crippen LogP contribution in [-0.2, 0) is 11.8 Å². The fourth-order valence-electron chi connectivity index (χ4n) is 4.43. The molecule has 2 nitrogen and oxygen atoms in total. The maximum absolute atomic E-state index is 4.71. The Hall–Kier alpha value is -2.09. The average molecular weight is 377 g/mol. The Labute approximate surface area is 171 Å². The molecule has 1 aliphatic carbocycles. The van der Waals surface area contributed by atoms with Gasteiger partial charge in [0.15, 0.2) is 0 Å². The minimum atomic E-state index is 0.308. The van der Waals surface area contributed by atoms with Crippen LogP contribution in [0, 0.1) is 13.8 Å². The molecule has 0 fully saturated rings. The molecule has 0 N–H and O–H groups in total. The van der Waals surface area contributed by atoms with Gasteiger partial charge in [-0.15, -0.1) is 0 Å². The summed E-state index contributed by atoms with van der Waals surface area (Å²) in [5, 5.41) is 0. The van der Waals surface area contributed by atoms with Crippen molar-refractivity contribution in [2.45, 2.75) is 78.7 Å². The maximum atomic E-state index is 4.71. The highest BCUT2D eigenvalue weighted by Gasteiger charge is 2.34. The average Bonchev–Trinajstić information content (AvgIpc) is 2.84. The Bertz CT molecular complexity index is 890. The Morgan fingerprint density at radius 2 is 1.86 bits per heavy atom. The Balaban J connectivity index is 1.84. The van der Waals surface area contributed by atoms with Gasteiger partial charge in [-0.1, -0.05) is 45.0 Å². The van der Waals surface area contributed by atoms with Gasteiger partial charge in [-0.3, -0.25) is 0 Å². The molecular weight excluding hydrogens is 340 g/mol. The molecule has 0 amide bonds. The summed E-state index contributed by atoms with van der Waals surface area (Å²) in [5.74, 6) is 0.655. The van der Waals surface area contributed by atoms with E-state index >= 15 is 0 Å². The number of rotatable bonds is 5. The Morgan fingerprint density at radius 3 is 2.54 bits per heavy atom. The summed E-state index contributed by atoms with van der Waals surface area (Å²) in [6, 6.07) is 12.2. The van der Waals surface area contributed by atoms with Crippen LogP contribution in [0.3, 0.4) is 0 Å². The highest BCUT2D eigenvalue weighted by atomic mass is 15.1. The minimum Gasteiger partial charge on any atom is -0.363 e. The summed E-state index contributed by atoms with van der Waals surface area (Å²) in [4.78, 5) is 6.84. The monoisotopic (exact) mass is 376 g/mol. The molecule has 0 radical (unpaired) electrons. The zero-order chi connectivity index (χ0) is 20.6. The van der Waals surface area contributed by atoms with Crippen molar-refractivity contribution < 1.29 is 0 Å². The van der Waals surface area contributed by atoms with Crippen molar-refractivity contribution in [2.75, 3.05) is 7.05 Å². The van der Waals surface area contributed by atoms with Crippen molar-refractivity contribution >= 4 is 12.0 Å². The van der Waals surface area contributed by atoms with E-state index in [-0.39, 0.29) is 0 Å². The molecule has 0 saturated carbocycles. The topological polar surface area (TPSA) is 15.6 Å². The van der Waals surface area contributed by atoms with Crippen LogP contribution in [0.5, 0.6) is 0 Å². The smallest absolute Gasteiger partial charge is 0.0912 e. The SMILES string of the molecule is Cc1cc(N=CN(C)C(C)C)c(C)cc1Cc1ccc2c(c1)C(C)CC2(C)C. The number of fused-ring (bicyclic) bond motifs is 1. The molecule has 1 aliphatic rings. The van der Waals surface area contributed by atoms with Crippen LogP contribution >= 0.6 is 0 Å². The van der Waals surface area contributed by atoms with Crippen LogP contribution in [0.25, 0.3) is 0 Å². The van der Waals surface area contributed by atoms with Gasteiger partial charge in [-0.2, -0.15) is 0 Å². The molecule has 1 atom stereocenters. The Kier molecular flexibility index (Phi) is 5.70. The van der Waals surface area contributed by atoms with Gasteiger partial charge in [-0.25, -0.2) is 4.99 Å². The summed E-state index contributed by atoms with van der Waals surface area (Å²) in [7, 11) is 2.07. The number of hydrogen-bond acceptors (Lipinski definition) is 1. The van der Waals surface area contributed by atoms with E-state index in [9.17, 15) is 0 Å². The minimum absolute atomic E-state index is 0.308. The van der Waals surface area contributed by atoms with E-state index in [4.69, 9.17) is 4.99 Å². The van der Waals surface area contributed by atoms with Gasteiger partial charge < -0.3 is 4.90 Å². The number of aryl methyl sites for hydroxylation is 2. The third kappa shape index (κ3) is 4.16. The summed E-state index contributed by atoms with van der Waals surface area (Å²) in [6.45, 7) is 15.8. The van der Waals surface area contributed by atoms with Crippen LogP contribution in [0.2, 0.25) is 0 Å². The Morgan fingerprint density at radius 1 is 1.14 bits per heavy atom. The molecule has 0 spiro atoms. The lowest BCUT2D eigenvalue weighted by Gasteiger charge is -2.19. The third-order valence-electron chi connectivity index (χ3n) is 6.44. The van der Waals surface area contributed by atoms with E-state index in [0.29, 0.717) is 17.4 Å². The first-order chi connectivity index (χ1) is 13.1. The second kappa shape index (κ2) is 7.73. The zero-order valence-corrected chi connectivity index (χ0v) is 18.9. The van der Waals surface area contributed by atoms with Gasteiger partial charge in [0.25, 0.3) is 0 Å². The van der Waals surface area contributed by atoms with Crippen LogP contribution in [0.15, 0.2) is 35.3 Å². The quantitative estimate of drug-likeness (QED) is 0.420. The first-order valence-corrected chi connectivity index (χ1v) is 10.6. The summed E-state index contributed by atoms with van der Waals surface area (Å²) >= 11 is 0. The summed E-state index contributed by atoms with van der Waals surface area (Å²) in [5.41, 5.74) is 9.84. The van der Waals surface area contributed by atoms with E-state index in [0.717, 1.165) is 12.1 Å². The second-order valence-electron chi connectivity index (χ2n) is 9.66. The highest BCUT2D eigenvalue weighted by molar-refractivity contribution is 5.64. The van der Waals surface area contributed by atoms with Crippen molar-refractivity contribution in [3.63, 3.8) is 0 Å². The standard InChI is InChI=1S/C26H36N2/c1-17(2)28(8)16-27-25-12-18(3)22(11-19(25)4)13-21-9-10-24-23(14-21)20(5)15-26(24,6)7/h9-12,14,16-17,20H,13,15H2,1-8H3. The van der Waals surface area contributed by atoms with Gasteiger partial charge in [0.1, 0.15) is 0 Å². The molecule has 2 aromatic rings. The largest absolute Gasteiger partial charge is 0.363 e. The molecule has 2 aromatic carbocycles. The van der Waals surface area contributed by atoms with E-state index in [1.165, 1.54) is 34.2 Å². The van der Waals surface area contributed by atoms with Crippen LogP contribution in [0.4, 0.5) is 5.69 Å². The fraction of sp³-hybridized carbons (Fsp3) is 0.500. The van der Waals surface area contributed by atoms with Crippen LogP contribution < -0.4 is 0 Å². The van der Waals surface area contributed by atoms with Gasteiger partial charge in [0.05, 0.1) is 12.0 Å². The fourth-order valence-corrected chi connectivity index (χ4v) is 4.43. The van der Waals surface area contributed by atoms with Crippen LogP contribution in [-0.4, -0.2) is 24.3 Å². The predicted molar refractivity (Wildman–Crippen MR) is 122 cm³/mol. The third-order valence-corrected chi connectivity index (χ3v) is 6.44. The predicted octanol–water partition coefficient (Wildman–Crippen LogP) is 6.68. The number of aliphatic imine (C=N–C) groups is 1. The molecule has 2 heteroatoms. The highest BCUT2D eigenvalue weighted by Crippen LogP contribution is 2.45. The normalized spacial score (nSPS) is 18.1. The molecule has 0 aromatic heterocycles. The van der Waals surface area contributed by atoms with Gasteiger partial charge in [-0.05, 0) is 91.3 Å². The lowest BCUT2D eigenvalue weighted by atomic mass is 9.85. The molecular formula is C26H36N2. The van der Waals surface area contributed by atoms with Crippen molar-refractivity contribution in [3.8, 4) is 0 Å². The van der Waals surface area contributed by atoms with Crippen molar-refractivity contribution in [3.05, 3.63) is 63.7 Å². The van der Waals surface area contributed by atoms with E-state index in [2.05, 4.69) is 90.7 Å². The molecule has 150 valence electrons. The zero-order valence-electron chi connectivity index (χ0n) is 18.9. The van der Waals surface area contributed by atoms with Crippen LogP contribution in [0.1, 0.15) is 80.3 Å². The van der Waals surface area contributed by atoms with Crippen molar-refractivity contribution in [2.24, 2.45) is 4.99 Å². The molecule has 0 aliphatic heterocycles.